The Morgan fingerprint density at radius 1 is 1.40 bits per heavy atom. The number of carboxylic acid groups (broad SMARTS) is 1. The molecule has 0 atom stereocenters. The van der Waals surface area contributed by atoms with Crippen LogP contribution in [0.1, 0.15) is 12.8 Å². The van der Waals surface area contributed by atoms with Crippen LogP contribution in [0.5, 0.6) is 5.75 Å². The maximum atomic E-state index is 10.6. The number of hydrogen-bond acceptors (Lipinski definition) is 2. The number of benzene rings is 1. The van der Waals surface area contributed by atoms with Crippen molar-refractivity contribution in [2.75, 3.05) is 0 Å². The van der Waals surface area contributed by atoms with E-state index in [0.717, 1.165) is 0 Å². The van der Waals surface area contributed by atoms with Crippen LogP contribution in [0.2, 0.25) is 5.02 Å². The summed E-state index contributed by atoms with van der Waals surface area (Å²) in [5.41, 5.74) is 0. The molecule has 15 heavy (non-hydrogen) atoms. The fourth-order valence-corrected chi connectivity index (χ4v) is 1.76. The second-order valence-corrected chi connectivity index (χ2v) is 4.08. The predicted molar refractivity (Wildman–Crippen MR) is 56.2 cm³/mol. The lowest BCUT2D eigenvalue weighted by atomic mass is 9.82. The van der Waals surface area contributed by atoms with Gasteiger partial charge in [-0.3, -0.25) is 4.79 Å². The zero-order valence-corrected chi connectivity index (χ0v) is 8.78. The van der Waals surface area contributed by atoms with E-state index in [9.17, 15) is 4.79 Å². The summed E-state index contributed by atoms with van der Waals surface area (Å²) in [6, 6.07) is 7.21. The standard InChI is InChI=1S/C11H11ClO3/c12-9-3-1-2-4-10(9)15-8-5-7(6-8)11(13)14/h1-4,7-8H,5-6H2,(H,13,14). The van der Waals surface area contributed by atoms with Crippen LogP contribution >= 0.6 is 11.6 Å². The second-order valence-electron chi connectivity index (χ2n) is 3.68. The molecule has 1 aliphatic carbocycles. The number of rotatable bonds is 3. The maximum absolute atomic E-state index is 10.6. The molecule has 2 rings (SSSR count). The minimum atomic E-state index is -0.742. The molecule has 0 bridgehead atoms. The first kappa shape index (κ1) is 10.3. The van der Waals surface area contributed by atoms with Gasteiger partial charge in [0.05, 0.1) is 10.9 Å². The highest BCUT2D eigenvalue weighted by molar-refractivity contribution is 6.32. The third-order valence-electron chi connectivity index (χ3n) is 2.57. The first-order valence-corrected chi connectivity index (χ1v) is 5.18. The predicted octanol–water partition coefficient (Wildman–Crippen LogP) is 2.58. The summed E-state index contributed by atoms with van der Waals surface area (Å²) in [6.07, 6.45) is 1.13. The fraction of sp³-hybridized carbons (Fsp3) is 0.364. The van der Waals surface area contributed by atoms with Gasteiger partial charge in [-0.1, -0.05) is 23.7 Å². The lowest BCUT2D eigenvalue weighted by Gasteiger charge is -2.32. The van der Waals surface area contributed by atoms with E-state index >= 15 is 0 Å². The molecule has 0 heterocycles. The molecule has 1 aromatic carbocycles. The van der Waals surface area contributed by atoms with E-state index in [2.05, 4.69) is 0 Å². The van der Waals surface area contributed by atoms with Gasteiger partial charge in [0, 0.05) is 0 Å². The molecule has 1 aliphatic rings. The molecule has 1 fully saturated rings. The summed E-state index contributed by atoms with van der Waals surface area (Å²) in [7, 11) is 0. The van der Waals surface area contributed by atoms with Crippen molar-refractivity contribution in [3.63, 3.8) is 0 Å². The van der Waals surface area contributed by atoms with Gasteiger partial charge in [0.25, 0.3) is 0 Å². The van der Waals surface area contributed by atoms with Gasteiger partial charge in [-0.25, -0.2) is 0 Å². The van der Waals surface area contributed by atoms with E-state index in [1.54, 1.807) is 12.1 Å². The zero-order chi connectivity index (χ0) is 10.8. The van der Waals surface area contributed by atoms with Crippen molar-refractivity contribution < 1.29 is 14.6 Å². The highest BCUT2D eigenvalue weighted by Gasteiger charge is 2.36. The first-order chi connectivity index (χ1) is 7.16. The molecular weight excluding hydrogens is 216 g/mol. The van der Waals surface area contributed by atoms with Gasteiger partial charge in [0.15, 0.2) is 0 Å². The molecule has 0 radical (unpaired) electrons. The second kappa shape index (κ2) is 4.11. The smallest absolute Gasteiger partial charge is 0.306 e. The zero-order valence-electron chi connectivity index (χ0n) is 8.02. The van der Waals surface area contributed by atoms with Gasteiger partial charge >= 0.3 is 5.97 Å². The molecule has 0 spiro atoms. The Labute approximate surface area is 92.6 Å². The van der Waals surface area contributed by atoms with E-state index < -0.39 is 5.97 Å². The summed E-state index contributed by atoms with van der Waals surface area (Å²) < 4.78 is 5.57. The number of carboxylic acids is 1. The normalized spacial score (nSPS) is 24.3. The van der Waals surface area contributed by atoms with Crippen molar-refractivity contribution in [3.05, 3.63) is 29.3 Å². The topological polar surface area (TPSA) is 46.5 Å². The molecule has 0 aromatic heterocycles. The Kier molecular flexibility index (Phi) is 2.82. The number of hydrogen-bond donors (Lipinski definition) is 1. The van der Waals surface area contributed by atoms with Gasteiger partial charge < -0.3 is 9.84 Å². The van der Waals surface area contributed by atoms with E-state index in [4.69, 9.17) is 21.4 Å². The van der Waals surface area contributed by atoms with Crippen LogP contribution in [0, 0.1) is 5.92 Å². The monoisotopic (exact) mass is 226 g/mol. The van der Waals surface area contributed by atoms with Crippen molar-refractivity contribution in [1.29, 1.82) is 0 Å². The van der Waals surface area contributed by atoms with E-state index in [1.165, 1.54) is 0 Å². The van der Waals surface area contributed by atoms with Crippen LogP contribution in [-0.2, 0) is 4.79 Å². The van der Waals surface area contributed by atoms with Crippen molar-refractivity contribution in [2.45, 2.75) is 18.9 Å². The van der Waals surface area contributed by atoms with Crippen molar-refractivity contribution in [3.8, 4) is 5.75 Å². The van der Waals surface area contributed by atoms with Crippen LogP contribution < -0.4 is 4.74 Å². The lowest BCUT2D eigenvalue weighted by Crippen LogP contribution is -2.38. The Balaban J connectivity index is 1.90. The summed E-state index contributed by atoms with van der Waals surface area (Å²) in [6.45, 7) is 0. The van der Waals surface area contributed by atoms with Gasteiger partial charge in [0.1, 0.15) is 11.9 Å². The number of halogens is 1. The molecule has 0 aliphatic heterocycles. The minimum absolute atomic E-state index is 0.00833. The largest absolute Gasteiger partial charge is 0.489 e. The van der Waals surface area contributed by atoms with E-state index in [1.807, 2.05) is 12.1 Å². The summed E-state index contributed by atoms with van der Waals surface area (Å²) >= 11 is 5.91. The fourth-order valence-electron chi connectivity index (χ4n) is 1.58. The summed E-state index contributed by atoms with van der Waals surface area (Å²) in [5.74, 6) is -0.362. The number of aliphatic carboxylic acids is 1. The van der Waals surface area contributed by atoms with Crippen molar-refractivity contribution >= 4 is 17.6 Å². The molecule has 4 heteroatoms. The Morgan fingerprint density at radius 3 is 2.67 bits per heavy atom. The molecule has 80 valence electrons. The molecular formula is C11H11ClO3. The number of carbonyl (C=O) groups is 1. The van der Waals surface area contributed by atoms with Crippen molar-refractivity contribution in [2.24, 2.45) is 5.92 Å². The average Bonchev–Trinajstić information content (AvgIpc) is 2.12. The quantitative estimate of drug-likeness (QED) is 0.862. The van der Waals surface area contributed by atoms with Crippen LogP contribution in [0.4, 0.5) is 0 Å². The maximum Gasteiger partial charge on any atom is 0.306 e. The minimum Gasteiger partial charge on any atom is -0.489 e. The molecule has 0 saturated heterocycles. The van der Waals surface area contributed by atoms with Gasteiger partial charge in [-0.05, 0) is 25.0 Å². The molecule has 1 aromatic rings. The highest BCUT2D eigenvalue weighted by atomic mass is 35.5. The molecule has 0 amide bonds. The van der Waals surface area contributed by atoms with Crippen molar-refractivity contribution in [1.82, 2.24) is 0 Å². The Hall–Kier alpha value is -1.22. The average molecular weight is 227 g/mol. The van der Waals surface area contributed by atoms with E-state index in [0.29, 0.717) is 23.6 Å². The van der Waals surface area contributed by atoms with E-state index in [-0.39, 0.29) is 12.0 Å². The van der Waals surface area contributed by atoms with Gasteiger partial charge in [-0.15, -0.1) is 0 Å². The van der Waals surface area contributed by atoms with Crippen LogP contribution in [0.3, 0.4) is 0 Å². The highest BCUT2D eigenvalue weighted by Crippen LogP contribution is 2.33. The summed E-state index contributed by atoms with van der Waals surface area (Å²) in [4.78, 5) is 10.6. The van der Waals surface area contributed by atoms with Crippen LogP contribution in [-0.4, -0.2) is 17.2 Å². The number of para-hydroxylation sites is 1. The SMILES string of the molecule is O=C(O)C1CC(Oc2ccccc2Cl)C1. The van der Waals surface area contributed by atoms with Crippen LogP contribution in [0.15, 0.2) is 24.3 Å². The van der Waals surface area contributed by atoms with Crippen LogP contribution in [0.25, 0.3) is 0 Å². The molecule has 1 saturated carbocycles. The van der Waals surface area contributed by atoms with Gasteiger partial charge in [-0.2, -0.15) is 0 Å². The summed E-state index contributed by atoms with van der Waals surface area (Å²) in [5, 5.41) is 9.26. The Bertz CT molecular complexity index is 372. The first-order valence-electron chi connectivity index (χ1n) is 4.81. The molecule has 1 N–H and O–H groups in total. The molecule has 0 unspecified atom stereocenters. The Morgan fingerprint density at radius 2 is 2.07 bits per heavy atom. The third kappa shape index (κ3) is 2.23. The van der Waals surface area contributed by atoms with Gasteiger partial charge in [0.2, 0.25) is 0 Å². The number of ether oxygens (including phenoxy) is 1. The third-order valence-corrected chi connectivity index (χ3v) is 2.89. The lowest BCUT2D eigenvalue weighted by molar-refractivity contribution is -0.147. The molecule has 3 nitrogen and oxygen atoms in total.